The van der Waals surface area contributed by atoms with Gasteiger partial charge in [-0.1, -0.05) is 6.07 Å². The van der Waals surface area contributed by atoms with Crippen LogP contribution in [0.3, 0.4) is 0 Å². The molecule has 0 aliphatic rings. The molecule has 0 radical (unpaired) electrons. The average molecular weight is 376 g/mol. The Morgan fingerprint density at radius 3 is 2.78 bits per heavy atom. The van der Waals surface area contributed by atoms with E-state index >= 15 is 0 Å². The van der Waals surface area contributed by atoms with Crippen molar-refractivity contribution in [3.63, 3.8) is 0 Å². The minimum absolute atomic E-state index is 0.198. The van der Waals surface area contributed by atoms with E-state index in [1.165, 1.54) is 12.1 Å². The van der Waals surface area contributed by atoms with Crippen molar-refractivity contribution in [2.75, 3.05) is 13.2 Å². The Morgan fingerprint density at radius 1 is 1.19 bits per heavy atom. The van der Waals surface area contributed by atoms with Gasteiger partial charge in [0.25, 0.3) is 0 Å². The molecule has 1 N–H and O–H groups in total. The van der Waals surface area contributed by atoms with Crippen LogP contribution in [-0.4, -0.2) is 27.9 Å². The molecule has 3 aromatic rings. The Kier molecular flexibility index (Phi) is 5.75. The van der Waals surface area contributed by atoms with Crippen LogP contribution in [0, 0.1) is 0 Å². The molecule has 0 amide bonds. The monoisotopic (exact) mass is 376 g/mol. The Bertz CT molecular complexity index is 878. The van der Waals surface area contributed by atoms with Gasteiger partial charge in [-0.2, -0.15) is 18.3 Å². The van der Waals surface area contributed by atoms with Crippen LogP contribution in [0.5, 0.6) is 5.75 Å². The predicted octanol–water partition coefficient (Wildman–Crippen LogP) is 3.67. The van der Waals surface area contributed by atoms with Crippen LogP contribution in [0.2, 0.25) is 0 Å². The second-order valence-corrected chi connectivity index (χ2v) is 5.97. The molecule has 2 heterocycles. The molecule has 0 atom stereocenters. The lowest BCUT2D eigenvalue weighted by Crippen LogP contribution is -2.20. The van der Waals surface area contributed by atoms with Gasteiger partial charge in [0.05, 0.1) is 11.3 Å². The molecule has 0 fully saturated rings. The van der Waals surface area contributed by atoms with Gasteiger partial charge in [0.1, 0.15) is 12.4 Å². The summed E-state index contributed by atoms with van der Waals surface area (Å²) in [6.07, 6.45) is 1.00. The van der Waals surface area contributed by atoms with Gasteiger partial charge < -0.3 is 10.1 Å². The van der Waals surface area contributed by atoms with Crippen LogP contribution in [-0.2, 0) is 19.8 Å². The van der Waals surface area contributed by atoms with Gasteiger partial charge in [0.2, 0.25) is 0 Å². The fourth-order valence-corrected chi connectivity index (χ4v) is 2.64. The number of rotatable bonds is 7. The quantitative estimate of drug-likeness (QED) is 0.640. The van der Waals surface area contributed by atoms with E-state index in [9.17, 15) is 13.2 Å². The van der Waals surface area contributed by atoms with Crippen LogP contribution in [0.1, 0.15) is 11.1 Å². The molecule has 2 aromatic heterocycles. The lowest BCUT2D eigenvalue weighted by Gasteiger charge is -2.10. The Balaban J connectivity index is 1.52. The van der Waals surface area contributed by atoms with Crippen molar-refractivity contribution in [3.8, 4) is 17.0 Å². The number of halogens is 3. The predicted molar refractivity (Wildman–Crippen MR) is 95.1 cm³/mol. The van der Waals surface area contributed by atoms with E-state index in [1.807, 2.05) is 25.4 Å². The summed E-state index contributed by atoms with van der Waals surface area (Å²) in [6, 6.07) is 8.66. The summed E-state index contributed by atoms with van der Waals surface area (Å²) in [5.41, 5.74) is 2.06. The third kappa shape index (κ3) is 5.07. The number of nitrogens with one attached hydrogen (secondary N) is 1. The fraction of sp³-hybridized carbons (Fsp3) is 0.263. The number of pyridine rings is 1. The zero-order valence-electron chi connectivity index (χ0n) is 14.7. The lowest BCUT2D eigenvalue weighted by molar-refractivity contribution is -0.137. The molecular weight excluding hydrogens is 357 g/mol. The molecule has 0 bridgehead atoms. The highest BCUT2D eigenvalue weighted by atomic mass is 19.4. The van der Waals surface area contributed by atoms with E-state index < -0.39 is 11.7 Å². The summed E-state index contributed by atoms with van der Waals surface area (Å²) in [5.74, 6) is 0.198. The number of hydrogen-bond donors (Lipinski definition) is 1. The molecule has 0 unspecified atom stereocenters. The van der Waals surface area contributed by atoms with Crippen molar-refractivity contribution >= 4 is 0 Å². The summed E-state index contributed by atoms with van der Waals surface area (Å²) in [6.45, 7) is 1.30. The number of aromatic nitrogens is 3. The SMILES string of the molecule is Cn1cc(CNCCOc2cccc(C(F)(F)F)c2)c(-c2cccnc2)n1. The van der Waals surface area contributed by atoms with Crippen LogP contribution >= 0.6 is 0 Å². The van der Waals surface area contributed by atoms with E-state index in [0.717, 1.165) is 29.0 Å². The maximum absolute atomic E-state index is 12.7. The van der Waals surface area contributed by atoms with E-state index in [4.69, 9.17) is 4.74 Å². The first-order chi connectivity index (χ1) is 12.9. The van der Waals surface area contributed by atoms with E-state index in [1.54, 1.807) is 17.1 Å². The summed E-state index contributed by atoms with van der Waals surface area (Å²) < 4.78 is 45.2. The highest BCUT2D eigenvalue weighted by molar-refractivity contribution is 5.61. The van der Waals surface area contributed by atoms with Crippen molar-refractivity contribution in [3.05, 3.63) is 66.1 Å². The molecule has 1 aromatic carbocycles. The van der Waals surface area contributed by atoms with Crippen molar-refractivity contribution in [2.24, 2.45) is 7.05 Å². The summed E-state index contributed by atoms with van der Waals surface area (Å²) >= 11 is 0. The fourth-order valence-electron chi connectivity index (χ4n) is 2.64. The van der Waals surface area contributed by atoms with E-state index in [2.05, 4.69) is 15.4 Å². The topological polar surface area (TPSA) is 52.0 Å². The second-order valence-electron chi connectivity index (χ2n) is 5.97. The number of hydrogen-bond acceptors (Lipinski definition) is 4. The molecule has 142 valence electrons. The van der Waals surface area contributed by atoms with E-state index in [-0.39, 0.29) is 12.4 Å². The smallest absolute Gasteiger partial charge is 0.416 e. The largest absolute Gasteiger partial charge is 0.492 e. The lowest BCUT2D eigenvalue weighted by atomic mass is 10.1. The molecule has 0 saturated carbocycles. The van der Waals surface area contributed by atoms with Crippen LogP contribution in [0.15, 0.2) is 55.0 Å². The molecule has 8 heteroatoms. The van der Waals surface area contributed by atoms with Gasteiger partial charge in [-0.25, -0.2) is 0 Å². The van der Waals surface area contributed by atoms with Gasteiger partial charge in [0.15, 0.2) is 0 Å². The van der Waals surface area contributed by atoms with Gasteiger partial charge in [0, 0.05) is 49.9 Å². The molecule has 0 spiro atoms. The highest BCUT2D eigenvalue weighted by Crippen LogP contribution is 2.31. The molecule has 5 nitrogen and oxygen atoms in total. The molecule has 0 aliphatic heterocycles. The summed E-state index contributed by atoms with van der Waals surface area (Å²) in [5, 5.41) is 7.68. The molecule has 0 saturated heterocycles. The zero-order chi connectivity index (χ0) is 19.3. The third-order valence-electron chi connectivity index (χ3n) is 3.86. The van der Waals surface area contributed by atoms with Gasteiger partial charge in [-0.3, -0.25) is 9.67 Å². The minimum Gasteiger partial charge on any atom is -0.492 e. The Labute approximate surface area is 154 Å². The van der Waals surface area contributed by atoms with Crippen molar-refractivity contribution in [1.29, 1.82) is 0 Å². The molecule has 27 heavy (non-hydrogen) atoms. The summed E-state index contributed by atoms with van der Waals surface area (Å²) in [7, 11) is 1.85. The third-order valence-corrected chi connectivity index (χ3v) is 3.86. The van der Waals surface area contributed by atoms with Crippen molar-refractivity contribution in [2.45, 2.75) is 12.7 Å². The molecular formula is C19H19F3N4O. The number of ether oxygens (including phenoxy) is 1. The van der Waals surface area contributed by atoms with Crippen molar-refractivity contribution in [1.82, 2.24) is 20.1 Å². The van der Waals surface area contributed by atoms with Gasteiger partial charge in [-0.15, -0.1) is 0 Å². The maximum Gasteiger partial charge on any atom is 0.416 e. The number of nitrogens with zero attached hydrogens (tertiary/aromatic N) is 3. The van der Waals surface area contributed by atoms with Crippen LogP contribution in [0.25, 0.3) is 11.3 Å². The number of benzene rings is 1. The average Bonchev–Trinajstić information content (AvgIpc) is 3.02. The van der Waals surface area contributed by atoms with Crippen LogP contribution in [0.4, 0.5) is 13.2 Å². The first-order valence-corrected chi connectivity index (χ1v) is 8.37. The van der Waals surface area contributed by atoms with E-state index in [0.29, 0.717) is 13.1 Å². The highest BCUT2D eigenvalue weighted by Gasteiger charge is 2.30. The van der Waals surface area contributed by atoms with Gasteiger partial charge in [-0.05, 0) is 30.3 Å². The number of alkyl halides is 3. The zero-order valence-corrected chi connectivity index (χ0v) is 14.7. The maximum atomic E-state index is 12.7. The van der Waals surface area contributed by atoms with Crippen molar-refractivity contribution < 1.29 is 17.9 Å². The van der Waals surface area contributed by atoms with Crippen LogP contribution < -0.4 is 10.1 Å². The molecule has 0 aliphatic carbocycles. The first kappa shape index (κ1) is 18.9. The Morgan fingerprint density at radius 2 is 2.04 bits per heavy atom. The summed E-state index contributed by atoms with van der Waals surface area (Å²) in [4.78, 5) is 4.11. The van der Waals surface area contributed by atoms with Gasteiger partial charge >= 0.3 is 6.18 Å². The first-order valence-electron chi connectivity index (χ1n) is 8.37. The minimum atomic E-state index is -4.37. The standard InChI is InChI=1S/C19H19F3N4O/c1-26-13-15(18(25-26)14-4-3-7-23-11-14)12-24-8-9-27-17-6-2-5-16(10-17)19(20,21)22/h2-7,10-11,13,24H,8-9,12H2,1H3. The second kappa shape index (κ2) is 8.22. The molecule has 3 rings (SSSR count). The number of aryl methyl sites for hydroxylation is 1. The Hall–Kier alpha value is -2.87. The normalized spacial score (nSPS) is 11.6.